The maximum atomic E-state index is 12.6. The van der Waals surface area contributed by atoms with E-state index in [4.69, 9.17) is 0 Å². The van der Waals surface area contributed by atoms with E-state index >= 15 is 0 Å². The first-order valence-corrected chi connectivity index (χ1v) is 7.95. The molecule has 0 aliphatic carbocycles. The van der Waals surface area contributed by atoms with Crippen LogP contribution in [0.4, 0.5) is 5.82 Å². The normalized spacial score (nSPS) is 18.0. The molecule has 1 N–H and O–H groups in total. The second-order valence-electron chi connectivity index (χ2n) is 5.11. The molecule has 3 rings (SSSR count). The minimum atomic E-state index is 0.0494. The van der Waals surface area contributed by atoms with Gasteiger partial charge in [-0.05, 0) is 31.2 Å². The van der Waals surface area contributed by atoms with Gasteiger partial charge < -0.3 is 10.2 Å². The zero-order valence-corrected chi connectivity index (χ0v) is 13.0. The number of amides is 1. The van der Waals surface area contributed by atoms with Gasteiger partial charge in [-0.25, -0.2) is 9.97 Å². The third-order valence-corrected chi connectivity index (χ3v) is 4.56. The lowest BCUT2D eigenvalue weighted by Crippen LogP contribution is -2.30. The van der Waals surface area contributed by atoms with Crippen molar-refractivity contribution in [3.05, 3.63) is 40.0 Å². The number of hydrogen-bond acceptors (Lipinski definition) is 5. The van der Waals surface area contributed by atoms with Crippen LogP contribution in [0.15, 0.2) is 23.6 Å². The fourth-order valence-electron chi connectivity index (χ4n) is 2.75. The van der Waals surface area contributed by atoms with Gasteiger partial charge in [0.2, 0.25) is 0 Å². The summed E-state index contributed by atoms with van der Waals surface area (Å²) in [6, 6.07) is 5.79. The Balaban J connectivity index is 1.90. The van der Waals surface area contributed by atoms with E-state index in [0.29, 0.717) is 0 Å². The predicted octanol–water partition coefficient (Wildman–Crippen LogP) is 2.87. The molecule has 6 heteroatoms. The molecule has 1 saturated heterocycles. The number of aryl methyl sites for hydroxylation is 1. The molecule has 1 atom stereocenters. The van der Waals surface area contributed by atoms with Crippen LogP contribution in [0, 0.1) is 6.92 Å². The van der Waals surface area contributed by atoms with Crippen LogP contribution in [0.3, 0.4) is 0 Å². The van der Waals surface area contributed by atoms with Crippen molar-refractivity contribution >= 4 is 23.1 Å². The van der Waals surface area contributed by atoms with Crippen molar-refractivity contribution in [3.63, 3.8) is 0 Å². The Kier molecular flexibility index (Phi) is 3.88. The highest BCUT2D eigenvalue weighted by Gasteiger charge is 2.32. The molecule has 1 fully saturated rings. The van der Waals surface area contributed by atoms with E-state index in [1.165, 1.54) is 11.3 Å². The molecule has 1 aliphatic rings. The molecule has 0 bridgehead atoms. The summed E-state index contributed by atoms with van der Waals surface area (Å²) in [5, 5.41) is 4.99. The van der Waals surface area contributed by atoms with Crippen LogP contribution in [-0.4, -0.2) is 34.4 Å². The predicted molar refractivity (Wildman–Crippen MR) is 83.6 cm³/mol. The zero-order valence-electron chi connectivity index (χ0n) is 12.2. The van der Waals surface area contributed by atoms with E-state index < -0.39 is 0 Å². The molecular weight excluding hydrogens is 284 g/mol. The van der Waals surface area contributed by atoms with E-state index in [0.717, 1.165) is 41.6 Å². The van der Waals surface area contributed by atoms with E-state index in [-0.39, 0.29) is 11.9 Å². The van der Waals surface area contributed by atoms with Crippen LogP contribution < -0.4 is 5.32 Å². The minimum absolute atomic E-state index is 0.0494. The van der Waals surface area contributed by atoms with Crippen LogP contribution in [0.25, 0.3) is 0 Å². The standard InChI is InChI=1S/C15H18N4OS/c1-10-17-11(9-14(16-2)18-10)12-5-3-7-19(12)15(20)13-6-4-8-21-13/h4,6,8-9,12H,3,5,7H2,1-2H3,(H,16,17,18)/t12-/m0/s1. The number of hydrogen-bond donors (Lipinski definition) is 1. The van der Waals surface area contributed by atoms with Crippen LogP contribution >= 0.6 is 11.3 Å². The van der Waals surface area contributed by atoms with Gasteiger partial charge in [-0.1, -0.05) is 6.07 Å². The molecule has 5 nitrogen and oxygen atoms in total. The van der Waals surface area contributed by atoms with Gasteiger partial charge in [0.15, 0.2) is 0 Å². The molecular formula is C15H18N4OS. The lowest BCUT2D eigenvalue weighted by atomic mass is 10.1. The quantitative estimate of drug-likeness (QED) is 0.947. The first-order valence-electron chi connectivity index (χ1n) is 7.07. The molecule has 1 aliphatic heterocycles. The molecule has 2 aromatic heterocycles. The number of likely N-dealkylation sites (tertiary alicyclic amines) is 1. The van der Waals surface area contributed by atoms with E-state index in [2.05, 4.69) is 15.3 Å². The van der Waals surface area contributed by atoms with Crippen LogP contribution in [-0.2, 0) is 0 Å². The molecule has 0 saturated carbocycles. The van der Waals surface area contributed by atoms with E-state index in [9.17, 15) is 4.79 Å². The summed E-state index contributed by atoms with van der Waals surface area (Å²) in [7, 11) is 1.84. The maximum absolute atomic E-state index is 12.6. The largest absolute Gasteiger partial charge is 0.373 e. The summed E-state index contributed by atoms with van der Waals surface area (Å²) < 4.78 is 0. The lowest BCUT2D eigenvalue weighted by Gasteiger charge is -2.24. The monoisotopic (exact) mass is 302 g/mol. The number of nitrogens with zero attached hydrogens (tertiary/aromatic N) is 3. The molecule has 0 spiro atoms. The second-order valence-corrected chi connectivity index (χ2v) is 6.06. The van der Waals surface area contributed by atoms with E-state index in [1.807, 2.05) is 42.5 Å². The Labute approximate surface area is 128 Å². The number of carbonyl (C=O) groups is 1. The topological polar surface area (TPSA) is 58.1 Å². The van der Waals surface area contributed by atoms with Gasteiger partial charge in [0.25, 0.3) is 5.91 Å². The number of rotatable bonds is 3. The molecule has 3 heterocycles. The molecule has 0 unspecified atom stereocenters. The van der Waals surface area contributed by atoms with Gasteiger partial charge in [-0.3, -0.25) is 4.79 Å². The van der Waals surface area contributed by atoms with Crippen molar-refractivity contribution in [3.8, 4) is 0 Å². The summed E-state index contributed by atoms with van der Waals surface area (Å²) in [6.45, 7) is 2.67. The van der Waals surface area contributed by atoms with Gasteiger partial charge in [-0.2, -0.15) is 0 Å². The second kappa shape index (κ2) is 5.81. The first-order chi connectivity index (χ1) is 10.2. The molecule has 2 aromatic rings. The van der Waals surface area contributed by atoms with Gasteiger partial charge in [0, 0.05) is 19.7 Å². The Morgan fingerprint density at radius 1 is 1.48 bits per heavy atom. The van der Waals surface area contributed by atoms with Crippen LogP contribution in [0.1, 0.15) is 40.1 Å². The third-order valence-electron chi connectivity index (χ3n) is 3.70. The van der Waals surface area contributed by atoms with Crippen molar-refractivity contribution in [1.29, 1.82) is 0 Å². The Bertz CT molecular complexity index is 641. The average molecular weight is 302 g/mol. The summed E-state index contributed by atoms with van der Waals surface area (Å²) >= 11 is 1.49. The van der Waals surface area contributed by atoms with E-state index in [1.54, 1.807) is 0 Å². The van der Waals surface area contributed by atoms with Gasteiger partial charge in [-0.15, -0.1) is 11.3 Å². The third kappa shape index (κ3) is 2.76. The van der Waals surface area contributed by atoms with Crippen molar-refractivity contribution in [2.24, 2.45) is 0 Å². The highest BCUT2D eigenvalue weighted by molar-refractivity contribution is 7.12. The molecule has 110 valence electrons. The highest BCUT2D eigenvalue weighted by atomic mass is 32.1. The van der Waals surface area contributed by atoms with Crippen molar-refractivity contribution in [1.82, 2.24) is 14.9 Å². The first kappa shape index (κ1) is 14.0. The summed E-state index contributed by atoms with van der Waals surface area (Å²) in [5.74, 6) is 1.63. The number of anilines is 1. The SMILES string of the molecule is CNc1cc([C@@H]2CCCN2C(=O)c2cccs2)nc(C)n1. The van der Waals surface area contributed by atoms with Crippen molar-refractivity contribution in [2.75, 3.05) is 18.9 Å². The molecule has 21 heavy (non-hydrogen) atoms. The minimum Gasteiger partial charge on any atom is -0.373 e. The van der Waals surface area contributed by atoms with Crippen LogP contribution in [0.5, 0.6) is 0 Å². The highest BCUT2D eigenvalue weighted by Crippen LogP contribution is 2.33. The van der Waals surface area contributed by atoms with Crippen LogP contribution in [0.2, 0.25) is 0 Å². The van der Waals surface area contributed by atoms with Gasteiger partial charge in [0.05, 0.1) is 16.6 Å². The van der Waals surface area contributed by atoms with Gasteiger partial charge >= 0.3 is 0 Å². The maximum Gasteiger partial charge on any atom is 0.264 e. The number of aromatic nitrogens is 2. The fourth-order valence-corrected chi connectivity index (χ4v) is 3.43. The number of thiophene rings is 1. The average Bonchev–Trinajstić information content (AvgIpc) is 3.17. The Morgan fingerprint density at radius 3 is 3.05 bits per heavy atom. The molecule has 1 amide bonds. The zero-order chi connectivity index (χ0) is 14.8. The summed E-state index contributed by atoms with van der Waals surface area (Å²) in [4.78, 5) is 24.2. The number of nitrogens with one attached hydrogen (secondary N) is 1. The van der Waals surface area contributed by atoms with Gasteiger partial charge in [0.1, 0.15) is 11.6 Å². The number of carbonyl (C=O) groups excluding carboxylic acids is 1. The van der Waals surface area contributed by atoms with Crippen molar-refractivity contribution in [2.45, 2.75) is 25.8 Å². The fraction of sp³-hybridized carbons (Fsp3) is 0.400. The Hall–Kier alpha value is -1.95. The smallest absolute Gasteiger partial charge is 0.264 e. The molecule has 0 radical (unpaired) electrons. The Morgan fingerprint density at radius 2 is 2.33 bits per heavy atom. The lowest BCUT2D eigenvalue weighted by molar-refractivity contribution is 0.0737. The summed E-state index contributed by atoms with van der Waals surface area (Å²) in [5.41, 5.74) is 0.925. The molecule has 0 aromatic carbocycles. The summed E-state index contributed by atoms with van der Waals surface area (Å²) in [6.07, 6.45) is 1.97. The van der Waals surface area contributed by atoms with Crippen molar-refractivity contribution < 1.29 is 4.79 Å².